The maximum absolute atomic E-state index is 12.0. The molecule has 0 aromatic heterocycles. The highest BCUT2D eigenvalue weighted by Crippen LogP contribution is 2.33. The Kier molecular flexibility index (Phi) is 4.13. The van der Waals surface area contributed by atoms with Crippen molar-refractivity contribution >= 4 is 21.7 Å². The summed E-state index contributed by atoms with van der Waals surface area (Å²) in [5, 5.41) is 10.4. The number of carboxylic acid groups (broad SMARTS) is 1. The summed E-state index contributed by atoms with van der Waals surface area (Å²) in [5.41, 5.74) is 0. The number of hydrogen-bond acceptors (Lipinski definition) is 4. The first-order valence-electron chi connectivity index (χ1n) is 6.65. The minimum Gasteiger partial charge on any atom is -0.480 e. The molecular formula is C12H19NO5S. The number of hydrogen-bond donors (Lipinski definition) is 2. The lowest BCUT2D eigenvalue weighted by atomic mass is 10.1. The molecule has 19 heavy (non-hydrogen) atoms. The third-order valence-electron chi connectivity index (χ3n) is 3.75. The fourth-order valence-corrected chi connectivity index (χ4v) is 4.23. The van der Waals surface area contributed by atoms with Gasteiger partial charge in [0.05, 0.1) is 5.75 Å². The van der Waals surface area contributed by atoms with Gasteiger partial charge in [-0.25, -0.2) is 13.2 Å². The van der Waals surface area contributed by atoms with Gasteiger partial charge in [0, 0.05) is 0 Å². The zero-order chi connectivity index (χ0) is 14.0. The summed E-state index contributed by atoms with van der Waals surface area (Å²) >= 11 is 0. The Morgan fingerprint density at radius 3 is 2.42 bits per heavy atom. The monoisotopic (exact) mass is 289 g/mol. The van der Waals surface area contributed by atoms with Gasteiger partial charge in [-0.15, -0.1) is 0 Å². The highest BCUT2D eigenvalue weighted by atomic mass is 32.2. The summed E-state index contributed by atoms with van der Waals surface area (Å²) in [5.74, 6) is -1.36. The second-order valence-electron chi connectivity index (χ2n) is 5.43. The number of carboxylic acids is 1. The van der Waals surface area contributed by atoms with E-state index in [1.807, 2.05) is 0 Å². The van der Waals surface area contributed by atoms with Crippen molar-refractivity contribution in [3.8, 4) is 0 Å². The van der Waals surface area contributed by atoms with E-state index in [4.69, 9.17) is 5.11 Å². The summed E-state index contributed by atoms with van der Waals surface area (Å²) in [6, 6.07) is -0.961. The molecule has 1 saturated heterocycles. The van der Waals surface area contributed by atoms with E-state index in [0.29, 0.717) is 31.6 Å². The van der Waals surface area contributed by atoms with E-state index in [9.17, 15) is 18.0 Å². The molecule has 2 atom stereocenters. The van der Waals surface area contributed by atoms with E-state index in [1.54, 1.807) is 0 Å². The molecule has 2 aliphatic rings. The Hall–Kier alpha value is -1.11. The molecule has 0 aromatic rings. The summed E-state index contributed by atoms with van der Waals surface area (Å²) in [6.45, 7) is 0. The van der Waals surface area contributed by atoms with Crippen LogP contribution < -0.4 is 5.32 Å². The van der Waals surface area contributed by atoms with E-state index in [0.717, 1.165) is 12.8 Å². The average Bonchev–Trinajstić information content (AvgIpc) is 3.11. The number of sulfone groups is 1. The second kappa shape index (κ2) is 5.48. The van der Waals surface area contributed by atoms with E-state index < -0.39 is 33.0 Å². The van der Waals surface area contributed by atoms with Crippen molar-refractivity contribution in [2.75, 3.05) is 5.75 Å². The van der Waals surface area contributed by atoms with E-state index in [1.165, 1.54) is 0 Å². The number of carbonyl (C=O) groups is 2. The van der Waals surface area contributed by atoms with Crippen LogP contribution >= 0.6 is 0 Å². The van der Waals surface area contributed by atoms with Crippen LogP contribution in [-0.4, -0.2) is 42.4 Å². The van der Waals surface area contributed by atoms with Crippen LogP contribution in [0.4, 0.5) is 0 Å². The van der Waals surface area contributed by atoms with Crippen LogP contribution in [0.25, 0.3) is 0 Å². The molecule has 6 nitrogen and oxygen atoms in total. The molecular weight excluding hydrogens is 270 g/mol. The van der Waals surface area contributed by atoms with Crippen LogP contribution in [0.3, 0.4) is 0 Å². The van der Waals surface area contributed by atoms with Crippen molar-refractivity contribution in [1.82, 2.24) is 5.32 Å². The number of rotatable bonds is 5. The van der Waals surface area contributed by atoms with Gasteiger partial charge >= 0.3 is 5.97 Å². The molecule has 0 spiro atoms. The van der Waals surface area contributed by atoms with Gasteiger partial charge in [-0.2, -0.15) is 0 Å². The van der Waals surface area contributed by atoms with Crippen molar-refractivity contribution in [3.05, 3.63) is 0 Å². The smallest absolute Gasteiger partial charge is 0.326 e. The van der Waals surface area contributed by atoms with Crippen LogP contribution in [0.5, 0.6) is 0 Å². The molecule has 2 rings (SSSR count). The van der Waals surface area contributed by atoms with Gasteiger partial charge in [0.1, 0.15) is 11.3 Å². The van der Waals surface area contributed by atoms with Gasteiger partial charge in [0.15, 0.2) is 9.84 Å². The molecule has 1 aliphatic carbocycles. The minimum atomic E-state index is -3.41. The van der Waals surface area contributed by atoms with Crippen molar-refractivity contribution < 1.29 is 23.1 Å². The lowest BCUT2D eigenvalue weighted by Crippen LogP contribution is -2.49. The molecule has 2 fully saturated rings. The highest BCUT2D eigenvalue weighted by Gasteiger charge is 2.37. The second-order valence-corrected chi connectivity index (χ2v) is 7.73. The Morgan fingerprint density at radius 1 is 1.21 bits per heavy atom. The molecule has 0 bridgehead atoms. The largest absolute Gasteiger partial charge is 0.480 e. The first-order valence-corrected chi connectivity index (χ1v) is 8.36. The first kappa shape index (κ1) is 14.3. The lowest BCUT2D eigenvalue weighted by Gasteiger charge is -2.23. The van der Waals surface area contributed by atoms with Crippen molar-refractivity contribution in [2.45, 2.75) is 49.8 Å². The van der Waals surface area contributed by atoms with Crippen LogP contribution in [0.2, 0.25) is 0 Å². The standard InChI is InChI=1S/C12H19NO5S/c14-11(10-3-1-2-6-19(10,17)18)13-9(12(15)16)7-8-4-5-8/h8-10H,1-7H2,(H,13,14)(H,15,16). The molecule has 108 valence electrons. The summed E-state index contributed by atoms with van der Waals surface area (Å²) < 4.78 is 23.6. The SMILES string of the molecule is O=C(O)C(CC1CC1)NC(=O)C1CCCCS1(=O)=O. The van der Waals surface area contributed by atoms with E-state index in [-0.39, 0.29) is 5.75 Å². The zero-order valence-electron chi connectivity index (χ0n) is 10.7. The van der Waals surface area contributed by atoms with Crippen LogP contribution in [0.1, 0.15) is 38.5 Å². The van der Waals surface area contributed by atoms with Gasteiger partial charge in [0.25, 0.3) is 0 Å². The Morgan fingerprint density at radius 2 is 1.89 bits per heavy atom. The van der Waals surface area contributed by atoms with Gasteiger partial charge in [-0.05, 0) is 25.2 Å². The maximum Gasteiger partial charge on any atom is 0.326 e. The van der Waals surface area contributed by atoms with Crippen LogP contribution in [0, 0.1) is 5.92 Å². The fraction of sp³-hybridized carbons (Fsp3) is 0.833. The normalized spacial score (nSPS) is 27.5. The highest BCUT2D eigenvalue weighted by molar-refractivity contribution is 7.92. The third-order valence-corrected chi connectivity index (χ3v) is 5.93. The fourth-order valence-electron chi connectivity index (χ4n) is 2.42. The molecule has 2 unspecified atom stereocenters. The van der Waals surface area contributed by atoms with Crippen molar-refractivity contribution in [1.29, 1.82) is 0 Å². The quantitative estimate of drug-likeness (QED) is 0.759. The average molecular weight is 289 g/mol. The number of aliphatic carboxylic acids is 1. The Labute approximate surface area is 112 Å². The Bertz CT molecular complexity index is 469. The minimum absolute atomic E-state index is 0.0193. The van der Waals surface area contributed by atoms with Gasteiger partial charge in [0.2, 0.25) is 5.91 Å². The van der Waals surface area contributed by atoms with E-state index >= 15 is 0 Å². The molecule has 1 heterocycles. The predicted molar refractivity (Wildman–Crippen MR) is 68.3 cm³/mol. The maximum atomic E-state index is 12.0. The van der Waals surface area contributed by atoms with E-state index in [2.05, 4.69) is 5.32 Å². The van der Waals surface area contributed by atoms with Gasteiger partial charge in [-0.3, -0.25) is 4.79 Å². The number of carbonyl (C=O) groups excluding carboxylic acids is 1. The number of amides is 1. The zero-order valence-corrected chi connectivity index (χ0v) is 11.5. The molecule has 1 saturated carbocycles. The van der Waals surface area contributed by atoms with Crippen LogP contribution in [0.15, 0.2) is 0 Å². The Balaban J connectivity index is 1.99. The van der Waals surface area contributed by atoms with Gasteiger partial charge in [-0.1, -0.05) is 19.3 Å². The van der Waals surface area contributed by atoms with Gasteiger partial charge < -0.3 is 10.4 Å². The number of nitrogens with one attached hydrogen (secondary N) is 1. The molecule has 1 aliphatic heterocycles. The molecule has 2 N–H and O–H groups in total. The molecule has 1 amide bonds. The first-order chi connectivity index (χ1) is 8.90. The molecule has 0 radical (unpaired) electrons. The van der Waals surface area contributed by atoms with Crippen molar-refractivity contribution in [3.63, 3.8) is 0 Å². The van der Waals surface area contributed by atoms with Crippen LogP contribution in [-0.2, 0) is 19.4 Å². The third kappa shape index (κ3) is 3.68. The topological polar surface area (TPSA) is 101 Å². The summed E-state index contributed by atoms with van der Waals surface area (Å²) in [7, 11) is -3.41. The lowest BCUT2D eigenvalue weighted by molar-refractivity contribution is -0.142. The molecule has 7 heteroatoms. The molecule has 0 aromatic carbocycles. The van der Waals surface area contributed by atoms with Crippen molar-refractivity contribution in [2.24, 2.45) is 5.92 Å². The summed E-state index contributed by atoms with van der Waals surface area (Å²) in [6.07, 6.45) is 3.94. The predicted octanol–water partition coefficient (Wildman–Crippen LogP) is 0.323. The summed E-state index contributed by atoms with van der Waals surface area (Å²) in [4.78, 5) is 23.1.